The van der Waals surface area contributed by atoms with Crippen molar-refractivity contribution in [3.8, 4) is 5.75 Å². The van der Waals surface area contributed by atoms with E-state index >= 15 is 0 Å². The zero-order valence-corrected chi connectivity index (χ0v) is 19.5. The predicted octanol–water partition coefficient (Wildman–Crippen LogP) is 3.83. The van der Waals surface area contributed by atoms with Crippen molar-refractivity contribution >= 4 is 27.3 Å². The van der Waals surface area contributed by atoms with Gasteiger partial charge in [0.2, 0.25) is 15.9 Å². The minimum Gasteiger partial charge on any atom is -0.494 e. The molecule has 0 aromatic heterocycles. The molecule has 0 bridgehead atoms. The molecule has 10 heteroatoms. The van der Waals surface area contributed by atoms with Crippen LogP contribution in [0.15, 0.2) is 77.7 Å². The highest BCUT2D eigenvalue weighted by Gasteiger charge is 2.27. The number of hydrogen-bond donors (Lipinski definition) is 2. The second-order valence-corrected chi connectivity index (χ2v) is 9.18. The lowest BCUT2D eigenvalue weighted by molar-refractivity contribution is -0.385. The van der Waals surface area contributed by atoms with E-state index in [1.165, 1.54) is 49.4 Å². The third kappa shape index (κ3) is 6.18. The highest BCUT2D eigenvalue weighted by Crippen LogP contribution is 2.25. The smallest absolute Gasteiger partial charge is 0.274 e. The summed E-state index contributed by atoms with van der Waals surface area (Å²) in [6.07, 6.45) is 0.0803. The largest absolute Gasteiger partial charge is 0.494 e. The summed E-state index contributed by atoms with van der Waals surface area (Å²) in [4.78, 5) is 23.8. The van der Waals surface area contributed by atoms with Gasteiger partial charge in [-0.2, -0.15) is 4.72 Å². The molecule has 0 radical (unpaired) electrons. The molecule has 0 saturated heterocycles. The molecule has 0 fully saturated rings. The first-order valence-electron chi connectivity index (χ1n) is 10.5. The van der Waals surface area contributed by atoms with E-state index < -0.39 is 26.9 Å². The van der Waals surface area contributed by atoms with Crippen LogP contribution in [0.5, 0.6) is 5.75 Å². The Kier molecular flexibility index (Phi) is 7.98. The molecule has 3 aromatic carbocycles. The summed E-state index contributed by atoms with van der Waals surface area (Å²) >= 11 is 0. The van der Waals surface area contributed by atoms with Gasteiger partial charge in [0.1, 0.15) is 11.8 Å². The van der Waals surface area contributed by atoms with Crippen molar-refractivity contribution in [1.82, 2.24) is 4.72 Å². The van der Waals surface area contributed by atoms with Gasteiger partial charge in [-0.1, -0.05) is 36.4 Å². The van der Waals surface area contributed by atoms with Crippen LogP contribution in [-0.4, -0.2) is 31.9 Å². The van der Waals surface area contributed by atoms with Gasteiger partial charge in [0.15, 0.2) is 0 Å². The number of nitro groups is 1. The van der Waals surface area contributed by atoms with Gasteiger partial charge in [0.25, 0.3) is 5.69 Å². The molecule has 178 valence electrons. The minimum absolute atomic E-state index is 0.0201. The van der Waals surface area contributed by atoms with Gasteiger partial charge < -0.3 is 10.1 Å². The van der Waals surface area contributed by atoms with Gasteiger partial charge in [-0.3, -0.25) is 14.9 Å². The standard InChI is InChI=1S/C24H25N3O6S/c1-3-33-19-12-14-20(15-13-19)34(31,32)26-22(16-18-8-5-4-6-9-18)24(28)25-21-10-7-11-23(17(21)2)27(29)30/h4-15,22,26H,3,16H2,1-2H3,(H,25,28)/t22-/m0/s1. The fraction of sp³-hybridized carbons (Fsp3) is 0.208. The number of sulfonamides is 1. The normalized spacial score (nSPS) is 12.1. The Bertz CT molecular complexity index is 1260. The Labute approximate surface area is 198 Å². The maximum absolute atomic E-state index is 13.2. The lowest BCUT2D eigenvalue weighted by atomic mass is 10.1. The van der Waals surface area contributed by atoms with Gasteiger partial charge in [0.05, 0.1) is 27.7 Å². The molecule has 0 heterocycles. The van der Waals surface area contributed by atoms with Crippen molar-refractivity contribution in [2.75, 3.05) is 11.9 Å². The third-order valence-corrected chi connectivity index (χ3v) is 6.59. The highest BCUT2D eigenvalue weighted by molar-refractivity contribution is 7.89. The number of benzene rings is 3. The number of nitrogens with zero attached hydrogens (tertiary/aromatic N) is 1. The van der Waals surface area contributed by atoms with Crippen LogP contribution in [-0.2, 0) is 21.2 Å². The maximum atomic E-state index is 13.2. The third-order valence-electron chi connectivity index (χ3n) is 5.10. The summed E-state index contributed by atoms with van der Waals surface area (Å²) in [5.41, 5.74) is 1.10. The van der Waals surface area contributed by atoms with Crippen molar-refractivity contribution in [3.63, 3.8) is 0 Å². The molecule has 9 nitrogen and oxygen atoms in total. The van der Waals surface area contributed by atoms with Crippen molar-refractivity contribution in [1.29, 1.82) is 0 Å². The average Bonchev–Trinajstić information content (AvgIpc) is 2.81. The molecule has 3 rings (SSSR count). The molecule has 3 aromatic rings. The van der Waals surface area contributed by atoms with Crippen molar-refractivity contribution in [2.45, 2.75) is 31.2 Å². The summed E-state index contributed by atoms with van der Waals surface area (Å²) in [5.74, 6) is -0.108. The van der Waals surface area contributed by atoms with Crippen LogP contribution >= 0.6 is 0 Å². The van der Waals surface area contributed by atoms with E-state index in [0.717, 1.165) is 5.56 Å². The van der Waals surface area contributed by atoms with E-state index in [-0.39, 0.29) is 28.3 Å². The van der Waals surface area contributed by atoms with E-state index in [1.54, 1.807) is 24.3 Å². The number of anilines is 1. The van der Waals surface area contributed by atoms with E-state index in [1.807, 2.05) is 13.0 Å². The molecular formula is C24H25N3O6S. The van der Waals surface area contributed by atoms with Crippen molar-refractivity contribution in [2.24, 2.45) is 0 Å². The van der Waals surface area contributed by atoms with Crippen LogP contribution in [0, 0.1) is 17.0 Å². The van der Waals surface area contributed by atoms with Gasteiger partial charge in [0, 0.05) is 6.07 Å². The van der Waals surface area contributed by atoms with Crippen LogP contribution in [0.3, 0.4) is 0 Å². The van der Waals surface area contributed by atoms with Gasteiger partial charge in [-0.15, -0.1) is 0 Å². The van der Waals surface area contributed by atoms with E-state index in [9.17, 15) is 23.3 Å². The predicted molar refractivity (Wildman–Crippen MR) is 128 cm³/mol. The average molecular weight is 484 g/mol. The quantitative estimate of drug-likeness (QED) is 0.333. The topological polar surface area (TPSA) is 128 Å². The minimum atomic E-state index is -4.05. The molecule has 0 unspecified atom stereocenters. The molecular weight excluding hydrogens is 458 g/mol. The van der Waals surface area contributed by atoms with E-state index in [4.69, 9.17) is 4.74 Å². The fourth-order valence-corrected chi connectivity index (χ4v) is 4.55. The Morgan fingerprint density at radius 1 is 1.03 bits per heavy atom. The second kappa shape index (κ2) is 10.9. The lowest BCUT2D eigenvalue weighted by Crippen LogP contribution is -2.45. The Hall–Kier alpha value is -3.76. The number of hydrogen-bond acceptors (Lipinski definition) is 6. The van der Waals surface area contributed by atoms with Crippen LogP contribution in [0.25, 0.3) is 0 Å². The lowest BCUT2D eigenvalue weighted by Gasteiger charge is -2.19. The van der Waals surface area contributed by atoms with Crippen molar-refractivity contribution in [3.05, 3.63) is 94.0 Å². The van der Waals surface area contributed by atoms with Crippen LogP contribution in [0.4, 0.5) is 11.4 Å². The van der Waals surface area contributed by atoms with Crippen LogP contribution in [0.2, 0.25) is 0 Å². The first-order valence-corrected chi connectivity index (χ1v) is 12.0. The number of nitro benzene ring substituents is 1. The van der Waals surface area contributed by atoms with Crippen molar-refractivity contribution < 1.29 is 22.9 Å². The van der Waals surface area contributed by atoms with E-state index in [2.05, 4.69) is 10.0 Å². The molecule has 1 amide bonds. The SMILES string of the molecule is CCOc1ccc(S(=O)(=O)N[C@@H](Cc2ccccc2)C(=O)Nc2cccc([N+](=O)[O-])c2C)cc1. The second-order valence-electron chi connectivity index (χ2n) is 7.46. The van der Waals surface area contributed by atoms with Gasteiger partial charge in [-0.05, 0) is 56.2 Å². The molecule has 1 atom stereocenters. The first kappa shape index (κ1) is 24.9. The highest BCUT2D eigenvalue weighted by atomic mass is 32.2. The summed E-state index contributed by atoms with van der Waals surface area (Å²) in [7, 11) is -4.05. The number of carbonyl (C=O) groups is 1. The van der Waals surface area contributed by atoms with Crippen LogP contribution in [0.1, 0.15) is 18.1 Å². The summed E-state index contributed by atoms with van der Waals surface area (Å²) in [6, 6.07) is 18.0. The number of carbonyl (C=O) groups excluding carboxylic acids is 1. The molecule has 0 aliphatic rings. The van der Waals surface area contributed by atoms with E-state index in [0.29, 0.717) is 12.4 Å². The Morgan fingerprint density at radius 3 is 2.32 bits per heavy atom. The fourth-order valence-electron chi connectivity index (χ4n) is 3.35. The summed E-state index contributed by atoms with van der Waals surface area (Å²) in [6.45, 7) is 3.78. The monoisotopic (exact) mass is 483 g/mol. The number of nitrogens with one attached hydrogen (secondary N) is 2. The first-order chi connectivity index (χ1) is 16.2. The van der Waals surface area contributed by atoms with Gasteiger partial charge in [-0.25, -0.2) is 8.42 Å². The molecule has 34 heavy (non-hydrogen) atoms. The summed E-state index contributed by atoms with van der Waals surface area (Å²) < 4.78 is 33.9. The van der Waals surface area contributed by atoms with Gasteiger partial charge >= 0.3 is 0 Å². The molecule has 0 spiro atoms. The number of ether oxygens (including phenoxy) is 1. The number of amides is 1. The maximum Gasteiger partial charge on any atom is 0.274 e. The van der Waals surface area contributed by atoms with Crippen LogP contribution < -0.4 is 14.8 Å². The Morgan fingerprint density at radius 2 is 1.71 bits per heavy atom. The molecule has 2 N–H and O–H groups in total. The summed E-state index contributed by atoms with van der Waals surface area (Å²) in [5, 5.41) is 13.9. The molecule has 0 aliphatic carbocycles. The Balaban J connectivity index is 1.88. The number of rotatable bonds is 10. The zero-order valence-electron chi connectivity index (χ0n) is 18.7. The zero-order chi connectivity index (χ0) is 24.7. The molecule has 0 saturated carbocycles. The molecule has 0 aliphatic heterocycles.